The zero-order valence-electron chi connectivity index (χ0n) is 15.2. The number of rotatable bonds is 4. The number of anilines is 1. The Bertz CT molecular complexity index is 899. The van der Waals surface area contributed by atoms with Crippen molar-refractivity contribution in [2.45, 2.75) is 25.7 Å². The molecule has 0 radical (unpaired) electrons. The molecule has 7 nitrogen and oxygen atoms in total. The molecular formula is C17H22ClN3O4S. The minimum Gasteiger partial charge on any atom is -0.495 e. The predicted octanol–water partition coefficient (Wildman–Crippen LogP) is 2.77. The summed E-state index contributed by atoms with van der Waals surface area (Å²) in [6, 6.07) is 3.76. The van der Waals surface area contributed by atoms with E-state index in [1.54, 1.807) is 27.0 Å². The van der Waals surface area contributed by atoms with E-state index in [1.165, 1.54) is 4.31 Å². The van der Waals surface area contributed by atoms with Gasteiger partial charge < -0.3 is 14.2 Å². The van der Waals surface area contributed by atoms with E-state index < -0.39 is 10.0 Å². The number of aromatic nitrogens is 1. The maximum absolute atomic E-state index is 12.9. The molecule has 1 fully saturated rings. The van der Waals surface area contributed by atoms with Crippen molar-refractivity contribution in [3.8, 4) is 5.75 Å². The Morgan fingerprint density at radius 2 is 1.81 bits per heavy atom. The minimum absolute atomic E-state index is 0.172. The monoisotopic (exact) mass is 399 g/mol. The van der Waals surface area contributed by atoms with E-state index in [0.717, 1.165) is 11.3 Å². The molecule has 1 aromatic carbocycles. The maximum Gasteiger partial charge on any atom is 0.248 e. The van der Waals surface area contributed by atoms with Crippen LogP contribution in [0.15, 0.2) is 21.6 Å². The number of piperazine rings is 1. The molecule has 1 saturated heterocycles. The topological polar surface area (TPSA) is 75.9 Å². The van der Waals surface area contributed by atoms with Crippen LogP contribution >= 0.6 is 11.6 Å². The quantitative estimate of drug-likeness (QED) is 0.786. The van der Waals surface area contributed by atoms with Crippen LogP contribution in [0.3, 0.4) is 0 Å². The number of aryl methyl sites for hydroxylation is 3. The molecule has 0 amide bonds. The average molecular weight is 400 g/mol. The molecule has 0 spiro atoms. The Hall–Kier alpha value is -1.77. The Labute approximate surface area is 158 Å². The molecule has 1 aromatic heterocycles. The lowest BCUT2D eigenvalue weighted by Crippen LogP contribution is -2.49. The number of benzene rings is 1. The largest absolute Gasteiger partial charge is 0.495 e. The highest BCUT2D eigenvalue weighted by Gasteiger charge is 2.33. The van der Waals surface area contributed by atoms with Gasteiger partial charge in [-0.3, -0.25) is 0 Å². The van der Waals surface area contributed by atoms with E-state index >= 15 is 0 Å². The van der Waals surface area contributed by atoms with Gasteiger partial charge in [-0.2, -0.15) is 4.31 Å². The summed E-state index contributed by atoms with van der Waals surface area (Å²) in [4.78, 5) is 2.28. The van der Waals surface area contributed by atoms with Crippen molar-refractivity contribution in [2.75, 3.05) is 38.2 Å². The van der Waals surface area contributed by atoms with Gasteiger partial charge in [-0.05, 0) is 32.4 Å². The number of hydrogen-bond donors (Lipinski definition) is 0. The van der Waals surface area contributed by atoms with Gasteiger partial charge in [0, 0.05) is 37.3 Å². The van der Waals surface area contributed by atoms with Gasteiger partial charge in [-0.1, -0.05) is 16.8 Å². The second-order valence-electron chi connectivity index (χ2n) is 6.32. The van der Waals surface area contributed by atoms with Crippen LogP contribution in [-0.2, 0) is 10.0 Å². The fourth-order valence-electron chi connectivity index (χ4n) is 3.20. The van der Waals surface area contributed by atoms with Crippen molar-refractivity contribution in [1.29, 1.82) is 0 Å². The minimum atomic E-state index is -3.62. The number of halogens is 1. The van der Waals surface area contributed by atoms with Gasteiger partial charge in [0.2, 0.25) is 10.0 Å². The fraction of sp³-hybridized carbons (Fsp3) is 0.471. The summed E-state index contributed by atoms with van der Waals surface area (Å²) >= 11 is 6.17. The highest BCUT2D eigenvalue weighted by atomic mass is 35.5. The van der Waals surface area contributed by atoms with Gasteiger partial charge in [0.15, 0.2) is 5.76 Å². The molecule has 26 heavy (non-hydrogen) atoms. The number of ether oxygens (including phenoxy) is 1. The summed E-state index contributed by atoms with van der Waals surface area (Å²) in [5.74, 6) is 1.00. The van der Waals surface area contributed by atoms with Crippen LogP contribution in [-0.4, -0.2) is 51.2 Å². The molecule has 0 atom stereocenters. The summed E-state index contributed by atoms with van der Waals surface area (Å²) in [5, 5.41) is 4.40. The standard InChI is InChI=1S/C17H22ClN3O4S/c1-11-9-15(16(24-4)10-14(11)18)20-5-7-21(8-6-20)26(22,23)17-12(2)19-25-13(17)3/h9-10H,5-8H2,1-4H3. The zero-order valence-corrected chi connectivity index (χ0v) is 16.8. The molecule has 0 aliphatic carbocycles. The molecule has 142 valence electrons. The van der Waals surface area contributed by atoms with Crippen molar-refractivity contribution in [3.05, 3.63) is 34.2 Å². The van der Waals surface area contributed by atoms with Gasteiger partial charge >= 0.3 is 0 Å². The third-order valence-corrected chi connectivity index (χ3v) is 7.16. The van der Waals surface area contributed by atoms with Crippen molar-refractivity contribution >= 4 is 27.3 Å². The van der Waals surface area contributed by atoms with Gasteiger partial charge in [0.25, 0.3) is 0 Å². The molecule has 2 heterocycles. The van der Waals surface area contributed by atoms with Gasteiger partial charge in [0.1, 0.15) is 16.3 Å². The highest BCUT2D eigenvalue weighted by molar-refractivity contribution is 7.89. The molecule has 0 bridgehead atoms. The van der Waals surface area contributed by atoms with Gasteiger partial charge in [0.05, 0.1) is 12.8 Å². The first kappa shape index (κ1) is 19.0. The SMILES string of the molecule is COc1cc(Cl)c(C)cc1N1CCN(S(=O)(=O)c2c(C)noc2C)CC1. The molecule has 2 aromatic rings. The van der Waals surface area contributed by atoms with Crippen LogP contribution in [0.4, 0.5) is 5.69 Å². The fourth-order valence-corrected chi connectivity index (χ4v) is 5.07. The average Bonchev–Trinajstić information content (AvgIpc) is 2.96. The zero-order chi connectivity index (χ0) is 19.1. The predicted molar refractivity (Wildman–Crippen MR) is 99.7 cm³/mol. The lowest BCUT2D eigenvalue weighted by Gasteiger charge is -2.36. The molecule has 0 N–H and O–H groups in total. The first-order chi connectivity index (χ1) is 12.3. The van der Waals surface area contributed by atoms with Crippen molar-refractivity contribution in [3.63, 3.8) is 0 Å². The van der Waals surface area contributed by atoms with Crippen molar-refractivity contribution in [1.82, 2.24) is 9.46 Å². The summed E-state index contributed by atoms with van der Waals surface area (Å²) < 4.78 is 37.8. The van der Waals surface area contributed by atoms with Crippen LogP contribution in [0.1, 0.15) is 17.0 Å². The molecule has 1 aliphatic rings. The molecule has 1 aliphatic heterocycles. The van der Waals surface area contributed by atoms with E-state index in [-0.39, 0.29) is 4.90 Å². The summed E-state index contributed by atoms with van der Waals surface area (Å²) in [5.41, 5.74) is 2.26. The summed E-state index contributed by atoms with van der Waals surface area (Å²) in [6.07, 6.45) is 0. The Morgan fingerprint density at radius 1 is 1.15 bits per heavy atom. The third-order valence-electron chi connectivity index (χ3n) is 4.61. The number of nitrogens with zero attached hydrogens (tertiary/aromatic N) is 3. The Balaban J connectivity index is 1.81. The molecule has 0 saturated carbocycles. The van der Waals surface area contributed by atoms with Crippen LogP contribution in [0.5, 0.6) is 5.75 Å². The van der Waals surface area contributed by atoms with Gasteiger partial charge in [-0.15, -0.1) is 0 Å². The van der Waals surface area contributed by atoms with Gasteiger partial charge in [-0.25, -0.2) is 8.42 Å². The van der Waals surface area contributed by atoms with Crippen LogP contribution in [0.2, 0.25) is 5.02 Å². The van der Waals surface area contributed by atoms with Crippen LogP contribution in [0.25, 0.3) is 0 Å². The number of sulfonamides is 1. The van der Waals surface area contributed by atoms with Crippen LogP contribution in [0, 0.1) is 20.8 Å². The Kier molecular flexibility index (Phi) is 5.18. The van der Waals surface area contributed by atoms with E-state index in [1.807, 2.05) is 13.0 Å². The lowest BCUT2D eigenvalue weighted by molar-refractivity contribution is 0.374. The summed E-state index contributed by atoms with van der Waals surface area (Å²) in [7, 11) is -2.02. The number of hydrogen-bond acceptors (Lipinski definition) is 6. The van der Waals surface area contributed by atoms with Crippen LogP contribution < -0.4 is 9.64 Å². The smallest absolute Gasteiger partial charge is 0.248 e. The molecule has 9 heteroatoms. The van der Waals surface area contributed by atoms with E-state index in [9.17, 15) is 8.42 Å². The number of methoxy groups -OCH3 is 1. The summed E-state index contributed by atoms with van der Waals surface area (Å²) in [6.45, 7) is 7.05. The maximum atomic E-state index is 12.9. The molecule has 0 unspecified atom stereocenters. The first-order valence-electron chi connectivity index (χ1n) is 8.27. The Morgan fingerprint density at radius 3 is 2.35 bits per heavy atom. The molecular weight excluding hydrogens is 378 g/mol. The van der Waals surface area contributed by atoms with Crippen molar-refractivity contribution in [2.24, 2.45) is 0 Å². The lowest BCUT2D eigenvalue weighted by atomic mass is 10.1. The second-order valence-corrected chi connectivity index (χ2v) is 8.60. The normalized spacial score (nSPS) is 16.1. The molecule has 3 rings (SSSR count). The highest BCUT2D eigenvalue weighted by Crippen LogP contribution is 2.35. The van der Waals surface area contributed by atoms with E-state index in [0.29, 0.717) is 48.4 Å². The first-order valence-corrected chi connectivity index (χ1v) is 10.1. The third kappa shape index (κ3) is 3.28. The second kappa shape index (κ2) is 7.09. The van der Waals surface area contributed by atoms with E-state index in [4.69, 9.17) is 20.9 Å². The van der Waals surface area contributed by atoms with E-state index in [2.05, 4.69) is 10.1 Å². The van der Waals surface area contributed by atoms with Crippen molar-refractivity contribution < 1.29 is 17.7 Å².